The molecule has 0 aromatic carbocycles. The van der Waals surface area contributed by atoms with Gasteiger partial charge in [-0.25, -0.2) is 0 Å². The topological polar surface area (TPSA) is 12.9 Å². The van der Waals surface area contributed by atoms with Crippen molar-refractivity contribution in [3.8, 4) is 0 Å². The first-order valence-electron chi connectivity index (χ1n) is 3.94. The summed E-state index contributed by atoms with van der Waals surface area (Å²) in [5.41, 5.74) is 1.02. The number of pyridine rings is 1. The van der Waals surface area contributed by atoms with Crippen LogP contribution in [0, 0.1) is 0 Å². The van der Waals surface area contributed by atoms with Crippen LogP contribution in [0.1, 0.15) is 25.5 Å². The second-order valence-electron chi connectivity index (χ2n) is 2.54. The van der Waals surface area contributed by atoms with Crippen molar-refractivity contribution in [1.29, 1.82) is 0 Å². The van der Waals surface area contributed by atoms with Crippen LogP contribution in [0.2, 0.25) is 5.02 Å². The zero-order chi connectivity index (χ0) is 8.10. The standard InChI is InChI=1S/C9H12ClN/c1-2-3-6-9-8(10)5-4-7-11-9/h4-5,7H,2-3,6H2,1H3. The number of unbranched alkanes of at least 4 members (excludes halogenated alkanes) is 1. The van der Waals surface area contributed by atoms with Crippen LogP contribution in [0.4, 0.5) is 0 Å². The molecule has 0 bridgehead atoms. The molecule has 0 aliphatic heterocycles. The van der Waals surface area contributed by atoms with E-state index in [4.69, 9.17) is 11.6 Å². The lowest BCUT2D eigenvalue weighted by atomic mass is 10.2. The van der Waals surface area contributed by atoms with E-state index >= 15 is 0 Å². The molecular formula is C9H12ClN. The largest absolute Gasteiger partial charge is 0.260 e. The van der Waals surface area contributed by atoms with E-state index < -0.39 is 0 Å². The van der Waals surface area contributed by atoms with E-state index in [-0.39, 0.29) is 0 Å². The van der Waals surface area contributed by atoms with E-state index in [0.29, 0.717) is 0 Å². The van der Waals surface area contributed by atoms with Gasteiger partial charge in [-0.05, 0) is 25.0 Å². The van der Waals surface area contributed by atoms with E-state index in [2.05, 4.69) is 11.9 Å². The Balaban J connectivity index is 2.62. The van der Waals surface area contributed by atoms with Crippen molar-refractivity contribution in [3.63, 3.8) is 0 Å². The van der Waals surface area contributed by atoms with Crippen LogP contribution in [0.5, 0.6) is 0 Å². The SMILES string of the molecule is CCCCc1ncccc1Cl. The molecule has 0 saturated heterocycles. The zero-order valence-corrected chi connectivity index (χ0v) is 7.43. The van der Waals surface area contributed by atoms with Crippen LogP contribution in [0.25, 0.3) is 0 Å². The van der Waals surface area contributed by atoms with Crippen LogP contribution in [0.3, 0.4) is 0 Å². The van der Waals surface area contributed by atoms with Gasteiger partial charge in [-0.2, -0.15) is 0 Å². The van der Waals surface area contributed by atoms with Crippen LogP contribution in [-0.2, 0) is 6.42 Å². The van der Waals surface area contributed by atoms with Gasteiger partial charge in [0, 0.05) is 6.20 Å². The van der Waals surface area contributed by atoms with E-state index in [1.54, 1.807) is 6.20 Å². The van der Waals surface area contributed by atoms with Crippen molar-refractivity contribution < 1.29 is 0 Å². The number of hydrogen-bond acceptors (Lipinski definition) is 1. The van der Waals surface area contributed by atoms with Gasteiger partial charge in [-0.1, -0.05) is 24.9 Å². The van der Waals surface area contributed by atoms with Crippen LogP contribution in [0.15, 0.2) is 18.3 Å². The quantitative estimate of drug-likeness (QED) is 0.678. The Labute approximate surface area is 72.4 Å². The summed E-state index contributed by atoms with van der Waals surface area (Å²) in [6.07, 6.45) is 5.14. The van der Waals surface area contributed by atoms with Gasteiger partial charge in [-0.3, -0.25) is 4.98 Å². The molecule has 0 radical (unpaired) electrons. The molecule has 0 aliphatic rings. The van der Waals surface area contributed by atoms with E-state index in [1.807, 2.05) is 12.1 Å². The van der Waals surface area contributed by atoms with Gasteiger partial charge in [0.15, 0.2) is 0 Å². The highest BCUT2D eigenvalue weighted by atomic mass is 35.5. The molecule has 1 nitrogen and oxygen atoms in total. The monoisotopic (exact) mass is 169 g/mol. The minimum absolute atomic E-state index is 0.793. The molecule has 11 heavy (non-hydrogen) atoms. The van der Waals surface area contributed by atoms with Gasteiger partial charge >= 0.3 is 0 Å². The summed E-state index contributed by atoms with van der Waals surface area (Å²) in [6.45, 7) is 2.16. The fourth-order valence-corrected chi connectivity index (χ4v) is 1.16. The second kappa shape index (κ2) is 4.35. The molecule has 2 heteroatoms. The first-order chi connectivity index (χ1) is 5.34. The predicted molar refractivity (Wildman–Crippen MR) is 47.9 cm³/mol. The summed E-state index contributed by atoms with van der Waals surface area (Å²) in [7, 11) is 0. The van der Waals surface area contributed by atoms with E-state index in [1.165, 1.54) is 6.42 Å². The molecule has 0 saturated carbocycles. The molecule has 0 amide bonds. The van der Waals surface area contributed by atoms with Crippen LogP contribution < -0.4 is 0 Å². The highest BCUT2D eigenvalue weighted by Gasteiger charge is 1.97. The third kappa shape index (κ3) is 2.51. The highest BCUT2D eigenvalue weighted by molar-refractivity contribution is 6.31. The van der Waals surface area contributed by atoms with Gasteiger partial charge in [-0.15, -0.1) is 0 Å². The molecule has 0 atom stereocenters. The second-order valence-corrected chi connectivity index (χ2v) is 2.94. The Morgan fingerprint density at radius 3 is 3.00 bits per heavy atom. The van der Waals surface area contributed by atoms with Gasteiger partial charge in [0.05, 0.1) is 10.7 Å². The summed E-state index contributed by atoms with van der Waals surface area (Å²) in [5.74, 6) is 0. The van der Waals surface area contributed by atoms with Gasteiger partial charge in [0.2, 0.25) is 0 Å². The lowest BCUT2D eigenvalue weighted by molar-refractivity contribution is 0.777. The zero-order valence-electron chi connectivity index (χ0n) is 6.68. The minimum Gasteiger partial charge on any atom is -0.260 e. The summed E-state index contributed by atoms with van der Waals surface area (Å²) < 4.78 is 0. The first-order valence-corrected chi connectivity index (χ1v) is 4.31. The van der Waals surface area contributed by atoms with Crippen molar-refractivity contribution in [2.75, 3.05) is 0 Å². The van der Waals surface area contributed by atoms with Crippen molar-refractivity contribution in [2.24, 2.45) is 0 Å². The van der Waals surface area contributed by atoms with Crippen molar-refractivity contribution in [3.05, 3.63) is 29.0 Å². The fourth-order valence-electron chi connectivity index (χ4n) is 0.947. The summed E-state index contributed by atoms with van der Waals surface area (Å²) >= 11 is 5.90. The third-order valence-electron chi connectivity index (χ3n) is 1.60. The first kappa shape index (κ1) is 8.54. The minimum atomic E-state index is 0.793. The lowest BCUT2D eigenvalue weighted by Crippen LogP contribution is -1.89. The van der Waals surface area contributed by atoms with Crippen LogP contribution in [-0.4, -0.2) is 4.98 Å². The average Bonchev–Trinajstić information content (AvgIpc) is 2.03. The number of halogens is 1. The smallest absolute Gasteiger partial charge is 0.0621 e. The predicted octanol–water partition coefficient (Wildman–Crippen LogP) is 3.08. The summed E-state index contributed by atoms with van der Waals surface area (Å²) in [5, 5.41) is 0.793. The maximum Gasteiger partial charge on any atom is 0.0621 e. The molecule has 0 N–H and O–H groups in total. The molecule has 0 aliphatic carbocycles. The van der Waals surface area contributed by atoms with Crippen molar-refractivity contribution in [1.82, 2.24) is 4.98 Å². The fraction of sp³-hybridized carbons (Fsp3) is 0.444. The number of aryl methyl sites for hydroxylation is 1. The normalized spacial score (nSPS) is 10.0. The van der Waals surface area contributed by atoms with Crippen LogP contribution >= 0.6 is 11.6 Å². The molecule has 1 heterocycles. The molecule has 1 aromatic heterocycles. The molecule has 60 valence electrons. The van der Waals surface area contributed by atoms with E-state index in [9.17, 15) is 0 Å². The number of hydrogen-bond donors (Lipinski definition) is 0. The Hall–Kier alpha value is -0.560. The summed E-state index contributed by atoms with van der Waals surface area (Å²) in [6, 6.07) is 3.75. The molecular weight excluding hydrogens is 158 g/mol. The highest BCUT2D eigenvalue weighted by Crippen LogP contribution is 2.13. The Morgan fingerprint density at radius 2 is 2.36 bits per heavy atom. The molecule has 1 rings (SSSR count). The maximum atomic E-state index is 5.90. The van der Waals surface area contributed by atoms with E-state index in [0.717, 1.165) is 23.6 Å². The third-order valence-corrected chi connectivity index (χ3v) is 1.95. The van der Waals surface area contributed by atoms with Crippen molar-refractivity contribution in [2.45, 2.75) is 26.2 Å². The average molecular weight is 170 g/mol. The van der Waals surface area contributed by atoms with Gasteiger partial charge < -0.3 is 0 Å². The van der Waals surface area contributed by atoms with Gasteiger partial charge in [0.25, 0.3) is 0 Å². The number of aromatic nitrogens is 1. The van der Waals surface area contributed by atoms with Crippen molar-refractivity contribution >= 4 is 11.6 Å². The maximum absolute atomic E-state index is 5.90. The Kier molecular flexibility index (Phi) is 3.37. The van der Waals surface area contributed by atoms with Gasteiger partial charge in [0.1, 0.15) is 0 Å². The molecule has 0 spiro atoms. The summed E-state index contributed by atoms with van der Waals surface area (Å²) in [4.78, 5) is 4.18. The molecule has 1 aromatic rings. The Morgan fingerprint density at radius 1 is 1.55 bits per heavy atom. The number of nitrogens with zero attached hydrogens (tertiary/aromatic N) is 1. The Bertz CT molecular complexity index is 223. The molecule has 0 fully saturated rings. The lowest BCUT2D eigenvalue weighted by Gasteiger charge is -1.99. The number of rotatable bonds is 3. The molecule has 0 unspecified atom stereocenters.